The van der Waals surface area contributed by atoms with Gasteiger partial charge >= 0.3 is 0 Å². The summed E-state index contributed by atoms with van der Waals surface area (Å²) in [5.41, 5.74) is 0.664. The summed E-state index contributed by atoms with van der Waals surface area (Å²) < 4.78 is 20.9. The topological polar surface area (TPSA) is 57.2 Å². The van der Waals surface area contributed by atoms with Crippen LogP contribution in [0.4, 0.5) is 0 Å². The molecule has 0 amide bonds. The van der Waals surface area contributed by atoms with Crippen molar-refractivity contribution in [2.45, 2.75) is 12.2 Å². The highest BCUT2D eigenvalue weighted by molar-refractivity contribution is 5.41. The van der Waals surface area contributed by atoms with Crippen LogP contribution in [-0.4, -0.2) is 45.3 Å². The first-order chi connectivity index (χ1) is 8.74. The van der Waals surface area contributed by atoms with Crippen LogP contribution in [0.1, 0.15) is 11.7 Å². The van der Waals surface area contributed by atoms with E-state index in [1.54, 1.807) is 32.4 Å². The highest BCUT2D eigenvalue weighted by Crippen LogP contribution is 2.29. The third kappa shape index (κ3) is 2.93. The van der Waals surface area contributed by atoms with Crippen LogP contribution in [0.2, 0.25) is 0 Å². The number of aliphatic hydroxyl groups is 1. The summed E-state index contributed by atoms with van der Waals surface area (Å²) >= 11 is 0. The maximum Gasteiger partial charge on any atom is 0.125 e. The second-order valence-electron chi connectivity index (χ2n) is 4.12. The Morgan fingerprint density at radius 1 is 1.33 bits per heavy atom. The van der Waals surface area contributed by atoms with Gasteiger partial charge in [0.25, 0.3) is 0 Å². The second kappa shape index (κ2) is 6.04. The van der Waals surface area contributed by atoms with Crippen molar-refractivity contribution in [3.05, 3.63) is 23.8 Å². The van der Waals surface area contributed by atoms with Crippen LogP contribution >= 0.6 is 0 Å². The normalized spacial score (nSPS) is 17.1. The summed E-state index contributed by atoms with van der Waals surface area (Å²) in [5.74, 6) is 1.30. The van der Waals surface area contributed by atoms with Crippen molar-refractivity contribution in [3.8, 4) is 11.5 Å². The fourth-order valence-corrected chi connectivity index (χ4v) is 1.73. The molecule has 0 radical (unpaired) electrons. The lowest BCUT2D eigenvalue weighted by atomic mass is 10.1. The zero-order valence-corrected chi connectivity index (χ0v) is 10.6. The molecule has 1 aromatic carbocycles. The Hall–Kier alpha value is -1.30. The Morgan fingerprint density at radius 3 is 2.67 bits per heavy atom. The predicted octanol–water partition coefficient (Wildman–Crippen LogP) is 1.15. The van der Waals surface area contributed by atoms with Crippen molar-refractivity contribution in [2.75, 3.05) is 34.0 Å². The second-order valence-corrected chi connectivity index (χ2v) is 4.12. The molecule has 1 atom stereocenters. The summed E-state index contributed by atoms with van der Waals surface area (Å²) in [6.07, 6.45) is -0.646. The predicted molar refractivity (Wildman–Crippen MR) is 65.1 cm³/mol. The Bertz CT molecular complexity index is 389. The van der Waals surface area contributed by atoms with E-state index in [1.165, 1.54) is 0 Å². The highest BCUT2D eigenvalue weighted by atomic mass is 16.6. The SMILES string of the molecule is COc1ccc(OC)c(C(O)COC2COC2)c1. The number of aliphatic hydroxyl groups excluding tert-OH is 1. The first-order valence-electron chi connectivity index (χ1n) is 5.84. The van der Waals surface area contributed by atoms with Crippen LogP contribution in [0.25, 0.3) is 0 Å². The van der Waals surface area contributed by atoms with E-state index in [1.807, 2.05) is 0 Å². The van der Waals surface area contributed by atoms with Gasteiger partial charge in [0.05, 0.1) is 34.0 Å². The third-order valence-electron chi connectivity index (χ3n) is 2.89. The Morgan fingerprint density at radius 2 is 2.11 bits per heavy atom. The summed E-state index contributed by atoms with van der Waals surface area (Å²) in [7, 11) is 3.15. The lowest BCUT2D eigenvalue weighted by Crippen LogP contribution is -2.37. The van der Waals surface area contributed by atoms with E-state index in [4.69, 9.17) is 18.9 Å². The molecule has 1 aliphatic heterocycles. The van der Waals surface area contributed by atoms with E-state index >= 15 is 0 Å². The van der Waals surface area contributed by atoms with Crippen molar-refractivity contribution in [3.63, 3.8) is 0 Å². The van der Waals surface area contributed by atoms with Gasteiger partial charge in [-0.05, 0) is 18.2 Å². The van der Waals surface area contributed by atoms with E-state index in [9.17, 15) is 5.11 Å². The van der Waals surface area contributed by atoms with Crippen LogP contribution < -0.4 is 9.47 Å². The van der Waals surface area contributed by atoms with Crippen molar-refractivity contribution in [2.24, 2.45) is 0 Å². The summed E-state index contributed by atoms with van der Waals surface area (Å²) in [4.78, 5) is 0. The zero-order chi connectivity index (χ0) is 13.0. The molecule has 100 valence electrons. The standard InChI is InChI=1S/C13H18O5/c1-15-9-3-4-13(16-2)11(5-9)12(14)8-18-10-6-17-7-10/h3-5,10,12,14H,6-8H2,1-2H3. The molecule has 5 nitrogen and oxygen atoms in total. The van der Waals surface area contributed by atoms with E-state index < -0.39 is 6.10 Å². The Balaban J connectivity index is 2.03. The number of benzene rings is 1. The van der Waals surface area contributed by atoms with E-state index in [0.717, 1.165) is 0 Å². The van der Waals surface area contributed by atoms with Gasteiger partial charge in [0, 0.05) is 5.56 Å². The van der Waals surface area contributed by atoms with Gasteiger partial charge in [0.1, 0.15) is 23.7 Å². The molecule has 1 aliphatic rings. The van der Waals surface area contributed by atoms with Crippen molar-refractivity contribution in [1.82, 2.24) is 0 Å². The van der Waals surface area contributed by atoms with Gasteiger partial charge in [-0.2, -0.15) is 0 Å². The minimum Gasteiger partial charge on any atom is -0.497 e. The lowest BCUT2D eigenvalue weighted by molar-refractivity contribution is -0.143. The van der Waals surface area contributed by atoms with Gasteiger partial charge in [-0.3, -0.25) is 0 Å². The summed E-state index contributed by atoms with van der Waals surface area (Å²) in [6, 6.07) is 5.31. The van der Waals surface area contributed by atoms with Gasteiger partial charge in [0.15, 0.2) is 0 Å². The molecule has 1 unspecified atom stereocenters. The van der Waals surface area contributed by atoms with Crippen LogP contribution in [-0.2, 0) is 9.47 Å². The fraction of sp³-hybridized carbons (Fsp3) is 0.538. The molecule has 1 saturated heterocycles. The molecule has 0 aliphatic carbocycles. The average molecular weight is 254 g/mol. The first-order valence-corrected chi connectivity index (χ1v) is 5.84. The smallest absolute Gasteiger partial charge is 0.125 e. The van der Waals surface area contributed by atoms with Crippen molar-refractivity contribution in [1.29, 1.82) is 0 Å². The number of hydrogen-bond donors (Lipinski definition) is 1. The quantitative estimate of drug-likeness (QED) is 0.825. The summed E-state index contributed by atoms with van der Waals surface area (Å²) in [5, 5.41) is 10.1. The third-order valence-corrected chi connectivity index (χ3v) is 2.89. The van der Waals surface area contributed by atoms with Gasteiger partial charge < -0.3 is 24.1 Å². The van der Waals surface area contributed by atoms with E-state index in [2.05, 4.69) is 0 Å². The van der Waals surface area contributed by atoms with E-state index in [0.29, 0.717) is 30.3 Å². The molecule has 18 heavy (non-hydrogen) atoms. The summed E-state index contributed by atoms with van der Waals surface area (Å²) in [6.45, 7) is 1.42. The molecule has 1 N–H and O–H groups in total. The van der Waals surface area contributed by atoms with Gasteiger partial charge in [0.2, 0.25) is 0 Å². The highest BCUT2D eigenvalue weighted by Gasteiger charge is 2.22. The van der Waals surface area contributed by atoms with Crippen LogP contribution in [0.15, 0.2) is 18.2 Å². The maximum atomic E-state index is 10.1. The minimum atomic E-state index is -0.740. The Kier molecular flexibility index (Phi) is 4.41. The number of rotatable bonds is 6. The largest absolute Gasteiger partial charge is 0.497 e. The van der Waals surface area contributed by atoms with E-state index in [-0.39, 0.29) is 12.7 Å². The van der Waals surface area contributed by atoms with Gasteiger partial charge in [-0.1, -0.05) is 0 Å². The minimum absolute atomic E-state index is 0.0938. The molecule has 0 bridgehead atoms. The number of ether oxygens (including phenoxy) is 4. The first kappa shape index (κ1) is 13.1. The molecule has 0 aromatic heterocycles. The molecule has 0 spiro atoms. The Labute approximate surface area is 106 Å². The van der Waals surface area contributed by atoms with Gasteiger partial charge in [-0.25, -0.2) is 0 Å². The molecule has 2 rings (SSSR count). The van der Waals surface area contributed by atoms with Crippen LogP contribution in [0.5, 0.6) is 11.5 Å². The molecule has 1 heterocycles. The number of hydrogen-bond acceptors (Lipinski definition) is 5. The fourth-order valence-electron chi connectivity index (χ4n) is 1.73. The molecular weight excluding hydrogens is 236 g/mol. The lowest BCUT2D eigenvalue weighted by Gasteiger charge is -2.27. The van der Waals surface area contributed by atoms with Crippen LogP contribution in [0, 0.1) is 0 Å². The monoisotopic (exact) mass is 254 g/mol. The zero-order valence-electron chi connectivity index (χ0n) is 10.6. The van der Waals surface area contributed by atoms with Crippen molar-refractivity contribution >= 4 is 0 Å². The average Bonchev–Trinajstić information content (AvgIpc) is 2.35. The molecule has 1 fully saturated rings. The number of methoxy groups -OCH3 is 2. The molecule has 0 saturated carbocycles. The van der Waals surface area contributed by atoms with Gasteiger partial charge in [-0.15, -0.1) is 0 Å². The maximum absolute atomic E-state index is 10.1. The molecule has 1 aromatic rings. The molecular formula is C13H18O5. The molecule has 5 heteroatoms. The van der Waals surface area contributed by atoms with Crippen LogP contribution in [0.3, 0.4) is 0 Å². The van der Waals surface area contributed by atoms with Crippen molar-refractivity contribution < 1.29 is 24.1 Å².